The lowest BCUT2D eigenvalue weighted by atomic mass is 10.2. The minimum Gasteiger partial charge on any atom is -0.310 e. The third kappa shape index (κ3) is 3.26. The standard InChI is InChI=1S/C15H23NO5P2S/c1-5-19-22(17)15(23(18,20-6-2)21-7-3)14(24)12-10-8-9-11-13(12)16(22)4/h8-11,24H,5-7H2,1-4H3. The Morgan fingerprint density at radius 2 is 1.71 bits per heavy atom. The number of hydrogen-bond donors (Lipinski definition) is 1. The number of anilines is 1. The first-order valence-corrected chi connectivity index (χ1v) is 11.3. The summed E-state index contributed by atoms with van der Waals surface area (Å²) in [6, 6.07) is 7.32. The van der Waals surface area contributed by atoms with Crippen LogP contribution in [-0.2, 0) is 22.7 Å². The van der Waals surface area contributed by atoms with Gasteiger partial charge < -0.3 is 18.2 Å². The molecule has 9 heteroatoms. The van der Waals surface area contributed by atoms with Gasteiger partial charge in [-0.1, -0.05) is 18.2 Å². The predicted molar refractivity (Wildman–Crippen MR) is 101 cm³/mol. The van der Waals surface area contributed by atoms with Gasteiger partial charge in [0.1, 0.15) is 0 Å². The van der Waals surface area contributed by atoms with Gasteiger partial charge in [-0.15, -0.1) is 12.6 Å². The molecule has 1 aromatic rings. The highest BCUT2D eigenvalue weighted by molar-refractivity contribution is 7.94. The fraction of sp³-hybridized carbons (Fsp3) is 0.467. The molecule has 0 amide bonds. The second-order valence-corrected chi connectivity index (χ2v) is 10.1. The maximum Gasteiger partial charge on any atom is 0.370 e. The summed E-state index contributed by atoms with van der Waals surface area (Å²) in [5, 5.41) is 0.00471. The highest BCUT2D eigenvalue weighted by atomic mass is 32.1. The van der Waals surface area contributed by atoms with Gasteiger partial charge in [0.25, 0.3) is 0 Å². The maximum atomic E-state index is 13.7. The van der Waals surface area contributed by atoms with E-state index in [1.807, 2.05) is 24.3 Å². The van der Waals surface area contributed by atoms with E-state index in [9.17, 15) is 9.13 Å². The Bertz CT molecular complexity index is 726. The van der Waals surface area contributed by atoms with Crippen molar-refractivity contribution in [2.45, 2.75) is 20.8 Å². The molecule has 1 aromatic carbocycles. The first-order chi connectivity index (χ1) is 11.4. The fourth-order valence-electron chi connectivity index (χ4n) is 2.60. The van der Waals surface area contributed by atoms with E-state index in [2.05, 4.69) is 12.6 Å². The van der Waals surface area contributed by atoms with Crippen molar-refractivity contribution in [3.63, 3.8) is 0 Å². The Labute approximate surface area is 148 Å². The van der Waals surface area contributed by atoms with E-state index in [0.717, 1.165) is 0 Å². The predicted octanol–water partition coefficient (Wildman–Crippen LogP) is 5.19. The van der Waals surface area contributed by atoms with E-state index in [1.54, 1.807) is 27.8 Å². The second-order valence-electron chi connectivity index (χ2n) is 4.98. The average Bonchev–Trinajstić information content (AvgIpc) is 2.53. The van der Waals surface area contributed by atoms with Crippen LogP contribution in [0.25, 0.3) is 4.91 Å². The monoisotopic (exact) mass is 391 g/mol. The summed E-state index contributed by atoms with van der Waals surface area (Å²) in [6.45, 7) is 5.63. The van der Waals surface area contributed by atoms with Gasteiger partial charge in [-0.05, 0) is 26.8 Å². The maximum absolute atomic E-state index is 13.7. The van der Waals surface area contributed by atoms with Crippen LogP contribution in [0.2, 0.25) is 0 Å². The topological polar surface area (TPSA) is 65.1 Å². The molecule has 0 aliphatic carbocycles. The zero-order chi connectivity index (χ0) is 18.0. The van der Waals surface area contributed by atoms with Crippen molar-refractivity contribution >= 4 is 38.3 Å². The molecule has 0 fully saturated rings. The molecule has 0 saturated carbocycles. The molecule has 1 unspecified atom stereocenters. The summed E-state index contributed by atoms with van der Waals surface area (Å²) >= 11 is 4.53. The van der Waals surface area contributed by atoms with E-state index in [-0.39, 0.29) is 24.9 Å². The molecule has 0 bridgehead atoms. The minimum atomic E-state index is -3.82. The van der Waals surface area contributed by atoms with E-state index in [0.29, 0.717) is 16.2 Å². The van der Waals surface area contributed by atoms with E-state index >= 15 is 0 Å². The highest BCUT2D eigenvalue weighted by Crippen LogP contribution is 2.78. The van der Waals surface area contributed by atoms with Crippen LogP contribution >= 0.6 is 27.7 Å². The second kappa shape index (κ2) is 7.77. The molecular formula is C15H23NO5P2S. The van der Waals surface area contributed by atoms with Crippen molar-refractivity contribution in [2.75, 3.05) is 31.5 Å². The normalized spacial score (nSPS) is 21.1. The van der Waals surface area contributed by atoms with Gasteiger partial charge in [0, 0.05) is 17.5 Å². The lowest BCUT2D eigenvalue weighted by Crippen LogP contribution is -2.22. The van der Waals surface area contributed by atoms with Crippen LogP contribution in [0.4, 0.5) is 5.69 Å². The van der Waals surface area contributed by atoms with Crippen LogP contribution in [0.5, 0.6) is 0 Å². The molecular weight excluding hydrogens is 368 g/mol. The van der Waals surface area contributed by atoms with E-state index in [4.69, 9.17) is 13.6 Å². The van der Waals surface area contributed by atoms with Crippen molar-refractivity contribution in [1.82, 2.24) is 0 Å². The van der Waals surface area contributed by atoms with Crippen LogP contribution in [0.1, 0.15) is 26.3 Å². The Kier molecular flexibility index (Phi) is 6.40. The van der Waals surface area contributed by atoms with Gasteiger partial charge in [-0.2, -0.15) is 0 Å². The number of hydrogen-bond acceptors (Lipinski definition) is 6. The SMILES string of the molecule is CCOP(=O)(OCC)C1=C(S)c2ccccc2N(C)P1(=O)OCC. The van der Waals surface area contributed by atoms with Gasteiger partial charge in [-0.25, -0.2) is 0 Å². The molecule has 1 aliphatic rings. The van der Waals surface area contributed by atoms with Crippen LogP contribution in [0.3, 0.4) is 0 Å². The van der Waals surface area contributed by atoms with Crippen LogP contribution in [0, 0.1) is 0 Å². The summed E-state index contributed by atoms with van der Waals surface area (Å²) in [5.41, 5.74) is 1.41. The number of fused-ring (bicyclic) bond motifs is 1. The smallest absolute Gasteiger partial charge is 0.310 e. The lowest BCUT2D eigenvalue weighted by Gasteiger charge is -2.38. The van der Waals surface area contributed by atoms with E-state index < -0.39 is 15.1 Å². The molecule has 6 nitrogen and oxygen atoms in total. The quantitative estimate of drug-likeness (QED) is 0.510. The molecule has 1 aliphatic heterocycles. The molecule has 0 radical (unpaired) electrons. The van der Waals surface area contributed by atoms with Crippen LogP contribution in [0.15, 0.2) is 29.3 Å². The van der Waals surface area contributed by atoms with Crippen LogP contribution in [-0.4, -0.2) is 26.9 Å². The van der Waals surface area contributed by atoms with Crippen molar-refractivity contribution in [2.24, 2.45) is 0 Å². The van der Waals surface area contributed by atoms with Gasteiger partial charge >= 0.3 is 15.1 Å². The summed E-state index contributed by atoms with van der Waals surface area (Å²) in [5.74, 6) is 0. The first-order valence-electron chi connectivity index (χ1n) is 7.77. The summed E-state index contributed by atoms with van der Waals surface area (Å²) < 4.78 is 45.1. The number of para-hydroxylation sites is 1. The molecule has 1 heterocycles. The molecule has 24 heavy (non-hydrogen) atoms. The molecule has 2 rings (SSSR count). The van der Waals surface area contributed by atoms with Crippen molar-refractivity contribution in [3.05, 3.63) is 34.9 Å². The molecule has 0 spiro atoms. The molecule has 1 atom stereocenters. The Balaban J connectivity index is 2.80. The Hall–Kier alpha value is -0.550. The number of thiol groups is 1. The summed E-state index contributed by atoms with van der Waals surface area (Å²) in [7, 11) is -5.83. The first kappa shape index (κ1) is 19.8. The Morgan fingerprint density at radius 3 is 2.25 bits per heavy atom. The molecule has 0 saturated heterocycles. The number of nitrogens with zero attached hydrogens (tertiary/aromatic N) is 1. The van der Waals surface area contributed by atoms with Gasteiger partial charge in [0.05, 0.1) is 25.5 Å². The van der Waals surface area contributed by atoms with Gasteiger partial charge in [0.15, 0.2) is 5.06 Å². The van der Waals surface area contributed by atoms with Crippen molar-refractivity contribution < 1.29 is 22.7 Å². The number of benzene rings is 1. The molecule has 0 aromatic heterocycles. The third-order valence-corrected chi connectivity index (χ3v) is 10.2. The molecule has 134 valence electrons. The van der Waals surface area contributed by atoms with Gasteiger partial charge in [0.2, 0.25) is 0 Å². The summed E-state index contributed by atoms with van der Waals surface area (Å²) in [4.78, 5) is 0.325. The zero-order valence-corrected chi connectivity index (χ0v) is 16.9. The zero-order valence-electron chi connectivity index (χ0n) is 14.3. The third-order valence-electron chi connectivity index (χ3n) is 3.54. The minimum absolute atomic E-state index is 0.00471. The Morgan fingerprint density at radius 1 is 1.12 bits per heavy atom. The van der Waals surface area contributed by atoms with Gasteiger partial charge in [-0.3, -0.25) is 9.13 Å². The largest absolute Gasteiger partial charge is 0.370 e. The molecule has 0 N–H and O–H groups in total. The van der Waals surface area contributed by atoms with Crippen molar-refractivity contribution in [1.29, 1.82) is 0 Å². The van der Waals surface area contributed by atoms with E-state index in [1.165, 1.54) is 4.67 Å². The summed E-state index contributed by atoms with van der Waals surface area (Å²) in [6.07, 6.45) is 0. The highest BCUT2D eigenvalue weighted by Gasteiger charge is 2.51. The van der Waals surface area contributed by atoms with Crippen LogP contribution < -0.4 is 4.67 Å². The lowest BCUT2D eigenvalue weighted by molar-refractivity contribution is 0.227. The number of rotatable bonds is 7. The fourth-order valence-corrected chi connectivity index (χ4v) is 8.85. The average molecular weight is 391 g/mol. The van der Waals surface area contributed by atoms with Crippen molar-refractivity contribution in [3.8, 4) is 0 Å².